The number of unbranched alkanes of at least 4 members (excludes halogenated alkanes) is 1. The third-order valence-electron chi connectivity index (χ3n) is 2.46. The highest BCUT2D eigenvalue weighted by Gasteiger charge is 2.22. The van der Waals surface area contributed by atoms with Gasteiger partial charge in [-0.05, 0) is 13.3 Å². The Hall–Kier alpha value is -1.79. The maximum Gasteiger partial charge on any atom is 0.326 e. The molecule has 0 radical (unpaired) electrons. The van der Waals surface area contributed by atoms with E-state index in [1.807, 2.05) is 6.92 Å². The highest BCUT2D eigenvalue weighted by atomic mass is 16.5. The fourth-order valence-corrected chi connectivity index (χ4v) is 1.40. The Morgan fingerprint density at radius 1 is 1.32 bits per heavy atom. The molecule has 0 saturated heterocycles. The first kappa shape index (κ1) is 17.2. The summed E-state index contributed by atoms with van der Waals surface area (Å²) in [5.74, 6) is -1.60. The van der Waals surface area contributed by atoms with Gasteiger partial charge < -0.3 is 20.1 Å². The van der Waals surface area contributed by atoms with E-state index in [1.54, 1.807) is 6.92 Å². The van der Waals surface area contributed by atoms with Gasteiger partial charge in [0.25, 0.3) is 0 Å². The summed E-state index contributed by atoms with van der Waals surface area (Å²) in [6, 6.07) is -1.53. The van der Waals surface area contributed by atoms with Crippen LogP contribution in [0.4, 0.5) is 4.79 Å². The Morgan fingerprint density at radius 2 is 1.95 bits per heavy atom. The molecule has 0 fully saturated rings. The molecule has 0 aliphatic rings. The van der Waals surface area contributed by atoms with Gasteiger partial charge >= 0.3 is 18.0 Å². The fourth-order valence-electron chi connectivity index (χ4n) is 1.40. The highest BCUT2D eigenvalue weighted by molar-refractivity contribution is 5.84. The lowest BCUT2D eigenvalue weighted by Gasteiger charge is -2.20. The van der Waals surface area contributed by atoms with Crippen LogP contribution in [-0.4, -0.2) is 54.2 Å². The number of carbonyl (C=O) groups is 3. The Bertz CT molecular complexity index is 319. The van der Waals surface area contributed by atoms with Gasteiger partial charge in [-0.1, -0.05) is 19.8 Å². The zero-order chi connectivity index (χ0) is 14.8. The molecule has 1 atom stereocenters. The van der Waals surface area contributed by atoms with Crippen LogP contribution in [0.2, 0.25) is 0 Å². The number of rotatable bonds is 8. The molecule has 0 heterocycles. The van der Waals surface area contributed by atoms with Gasteiger partial charge in [-0.3, -0.25) is 4.79 Å². The maximum atomic E-state index is 11.7. The highest BCUT2D eigenvalue weighted by Crippen LogP contribution is 2.02. The van der Waals surface area contributed by atoms with Crippen molar-refractivity contribution in [3.05, 3.63) is 0 Å². The summed E-state index contributed by atoms with van der Waals surface area (Å²) in [6.45, 7) is 3.64. The van der Waals surface area contributed by atoms with Crippen LogP contribution >= 0.6 is 0 Å². The van der Waals surface area contributed by atoms with Gasteiger partial charge in [-0.2, -0.15) is 0 Å². The Morgan fingerprint density at radius 3 is 2.42 bits per heavy atom. The Labute approximate surface area is 112 Å². The monoisotopic (exact) mass is 274 g/mol. The van der Waals surface area contributed by atoms with E-state index < -0.39 is 24.0 Å². The SMILES string of the molecule is CCCC[C@H](NC(=O)N(C)CC(=O)OCC)C(=O)O. The molecule has 2 N–H and O–H groups in total. The number of likely N-dealkylation sites (N-methyl/N-ethyl adjacent to an activating group) is 1. The number of carboxylic acid groups (broad SMARTS) is 1. The number of hydrogen-bond acceptors (Lipinski definition) is 4. The molecule has 0 rings (SSSR count). The van der Waals surface area contributed by atoms with E-state index in [9.17, 15) is 14.4 Å². The largest absolute Gasteiger partial charge is 0.480 e. The van der Waals surface area contributed by atoms with E-state index in [4.69, 9.17) is 9.84 Å². The fraction of sp³-hybridized carbons (Fsp3) is 0.750. The summed E-state index contributed by atoms with van der Waals surface area (Å²) < 4.78 is 4.70. The van der Waals surface area contributed by atoms with Crippen LogP contribution < -0.4 is 5.32 Å². The molecule has 0 aromatic rings. The number of carboxylic acids is 1. The number of nitrogens with zero attached hydrogens (tertiary/aromatic N) is 1. The molecule has 0 saturated carbocycles. The van der Waals surface area contributed by atoms with Crippen molar-refractivity contribution in [3.63, 3.8) is 0 Å². The van der Waals surface area contributed by atoms with Gasteiger partial charge in [0.2, 0.25) is 0 Å². The van der Waals surface area contributed by atoms with Crippen LogP contribution in [0.3, 0.4) is 0 Å². The predicted octanol–water partition coefficient (Wildman–Crippen LogP) is 0.834. The molecule has 7 nitrogen and oxygen atoms in total. The van der Waals surface area contributed by atoms with E-state index in [2.05, 4.69) is 5.32 Å². The van der Waals surface area contributed by atoms with Crippen LogP contribution in [-0.2, 0) is 14.3 Å². The molecule has 0 unspecified atom stereocenters. The summed E-state index contributed by atoms with van der Waals surface area (Å²) in [7, 11) is 1.41. The Balaban J connectivity index is 4.30. The smallest absolute Gasteiger partial charge is 0.326 e. The van der Waals surface area contributed by atoms with Crippen molar-refractivity contribution in [2.45, 2.75) is 39.2 Å². The molecule has 0 spiro atoms. The molecule has 0 aliphatic heterocycles. The number of esters is 1. The summed E-state index contributed by atoms with van der Waals surface area (Å²) in [6.07, 6.45) is 1.92. The van der Waals surface area contributed by atoms with Crippen molar-refractivity contribution >= 4 is 18.0 Å². The first-order valence-electron chi connectivity index (χ1n) is 6.32. The van der Waals surface area contributed by atoms with Crippen LogP contribution in [0.5, 0.6) is 0 Å². The van der Waals surface area contributed by atoms with Gasteiger partial charge in [-0.15, -0.1) is 0 Å². The minimum atomic E-state index is -1.08. The topological polar surface area (TPSA) is 95.9 Å². The van der Waals surface area contributed by atoms with E-state index in [0.29, 0.717) is 12.8 Å². The Kier molecular flexibility index (Phi) is 8.32. The van der Waals surface area contributed by atoms with E-state index >= 15 is 0 Å². The van der Waals surface area contributed by atoms with Gasteiger partial charge in [0, 0.05) is 7.05 Å². The van der Waals surface area contributed by atoms with Gasteiger partial charge in [-0.25, -0.2) is 9.59 Å². The normalized spacial score (nSPS) is 11.5. The number of amides is 2. The van der Waals surface area contributed by atoms with E-state index in [0.717, 1.165) is 11.3 Å². The van der Waals surface area contributed by atoms with Crippen LogP contribution in [0, 0.1) is 0 Å². The molecule has 0 aromatic carbocycles. The quantitative estimate of drug-likeness (QED) is 0.639. The second-order valence-electron chi connectivity index (χ2n) is 4.14. The van der Waals surface area contributed by atoms with Crippen molar-refractivity contribution in [2.75, 3.05) is 20.2 Å². The zero-order valence-corrected chi connectivity index (χ0v) is 11.6. The molecular formula is C12H22N2O5. The third-order valence-corrected chi connectivity index (χ3v) is 2.46. The second kappa shape index (κ2) is 9.18. The number of urea groups is 1. The first-order valence-corrected chi connectivity index (χ1v) is 6.32. The molecular weight excluding hydrogens is 252 g/mol. The number of nitrogens with one attached hydrogen (secondary N) is 1. The van der Waals surface area contributed by atoms with Crippen molar-refractivity contribution in [1.29, 1.82) is 0 Å². The van der Waals surface area contributed by atoms with E-state index in [-0.39, 0.29) is 13.2 Å². The lowest BCUT2D eigenvalue weighted by molar-refractivity contribution is -0.143. The standard InChI is InChI=1S/C12H22N2O5/c1-4-6-7-9(11(16)17)13-12(18)14(3)8-10(15)19-5-2/h9H,4-8H2,1-3H3,(H,13,18)(H,16,17)/t9-/m0/s1. The summed E-state index contributed by atoms with van der Waals surface area (Å²) >= 11 is 0. The van der Waals surface area contributed by atoms with Crippen LogP contribution in [0.15, 0.2) is 0 Å². The molecule has 19 heavy (non-hydrogen) atoms. The maximum absolute atomic E-state index is 11.7. The second-order valence-corrected chi connectivity index (χ2v) is 4.14. The van der Waals surface area contributed by atoms with E-state index in [1.165, 1.54) is 7.05 Å². The minimum absolute atomic E-state index is 0.209. The number of aliphatic carboxylic acids is 1. The van der Waals surface area contributed by atoms with Gasteiger partial charge in [0.05, 0.1) is 6.61 Å². The third kappa shape index (κ3) is 7.28. The average Bonchev–Trinajstić information content (AvgIpc) is 2.33. The lowest BCUT2D eigenvalue weighted by Crippen LogP contribution is -2.48. The van der Waals surface area contributed by atoms with Gasteiger partial charge in [0.15, 0.2) is 0 Å². The molecule has 2 amide bonds. The molecule has 7 heteroatoms. The number of carbonyl (C=O) groups excluding carboxylic acids is 2. The zero-order valence-electron chi connectivity index (χ0n) is 11.6. The minimum Gasteiger partial charge on any atom is -0.480 e. The van der Waals surface area contributed by atoms with Crippen molar-refractivity contribution < 1.29 is 24.2 Å². The molecule has 0 aliphatic carbocycles. The first-order chi connectivity index (χ1) is 8.92. The summed E-state index contributed by atoms with van der Waals surface area (Å²) in [4.78, 5) is 35.0. The number of ether oxygens (including phenoxy) is 1. The van der Waals surface area contributed by atoms with Crippen LogP contribution in [0.25, 0.3) is 0 Å². The molecule has 0 aromatic heterocycles. The molecule has 0 bridgehead atoms. The van der Waals surface area contributed by atoms with Gasteiger partial charge in [0.1, 0.15) is 12.6 Å². The van der Waals surface area contributed by atoms with Crippen molar-refractivity contribution in [2.24, 2.45) is 0 Å². The summed E-state index contributed by atoms with van der Waals surface area (Å²) in [5, 5.41) is 11.3. The number of hydrogen-bond donors (Lipinski definition) is 2. The van der Waals surface area contributed by atoms with Crippen molar-refractivity contribution in [3.8, 4) is 0 Å². The van der Waals surface area contributed by atoms with Crippen molar-refractivity contribution in [1.82, 2.24) is 10.2 Å². The predicted molar refractivity (Wildman–Crippen MR) is 68.7 cm³/mol. The molecule has 110 valence electrons. The summed E-state index contributed by atoms with van der Waals surface area (Å²) in [5.41, 5.74) is 0. The lowest BCUT2D eigenvalue weighted by atomic mass is 10.1. The average molecular weight is 274 g/mol. The van der Waals surface area contributed by atoms with Crippen LogP contribution in [0.1, 0.15) is 33.1 Å².